The summed E-state index contributed by atoms with van der Waals surface area (Å²) in [6.07, 6.45) is 1.57. The van der Waals surface area contributed by atoms with Gasteiger partial charge in [0.05, 0.1) is 10.4 Å². The van der Waals surface area contributed by atoms with Crippen molar-refractivity contribution < 1.29 is 5.11 Å². The highest BCUT2D eigenvalue weighted by atomic mass is 79.9. The van der Waals surface area contributed by atoms with Crippen molar-refractivity contribution in [3.8, 4) is 16.6 Å². The first-order valence-corrected chi connectivity index (χ1v) is 5.23. The molecule has 2 aromatic rings. The van der Waals surface area contributed by atoms with Crippen LogP contribution in [0.5, 0.6) is 5.88 Å². The number of H-pyrrole nitrogens is 1. The van der Waals surface area contributed by atoms with E-state index in [2.05, 4.69) is 30.9 Å². The molecular weight excluding hydrogens is 270 g/mol. The van der Waals surface area contributed by atoms with Gasteiger partial charge in [-0.25, -0.2) is 0 Å². The summed E-state index contributed by atoms with van der Waals surface area (Å²) in [7, 11) is 0. The molecule has 0 saturated heterocycles. The molecule has 0 bridgehead atoms. The van der Waals surface area contributed by atoms with Gasteiger partial charge in [-0.1, -0.05) is 0 Å². The molecule has 0 unspecified atom stereocenters. The van der Waals surface area contributed by atoms with Crippen molar-refractivity contribution in [1.82, 2.24) is 15.0 Å². The van der Waals surface area contributed by atoms with E-state index in [0.717, 1.165) is 0 Å². The maximum atomic E-state index is 11.2. The van der Waals surface area contributed by atoms with Crippen molar-refractivity contribution >= 4 is 27.3 Å². The molecule has 2 aromatic heterocycles. The average Bonchev–Trinajstić information content (AvgIpc) is 2.66. The van der Waals surface area contributed by atoms with E-state index in [1.165, 1.54) is 11.3 Å². The van der Waals surface area contributed by atoms with Gasteiger partial charge in [0.15, 0.2) is 5.82 Å². The Morgan fingerprint density at radius 3 is 2.93 bits per heavy atom. The number of halogens is 1. The van der Waals surface area contributed by atoms with E-state index in [9.17, 15) is 9.90 Å². The number of rotatable bonds is 1. The van der Waals surface area contributed by atoms with Gasteiger partial charge < -0.3 is 10.1 Å². The van der Waals surface area contributed by atoms with Gasteiger partial charge in [-0.15, -0.1) is 11.3 Å². The highest BCUT2D eigenvalue weighted by Crippen LogP contribution is 2.22. The second-order valence-electron chi connectivity index (χ2n) is 2.42. The molecule has 0 atom stereocenters. The Bertz CT molecular complexity index is 508. The Hall–Kier alpha value is -1.21. The standard InChI is InChI=1S/C7H4BrN3O2S/c8-4-6(12)10-5(11-7(4)13)3-1-9-2-14-3/h1-2H,(H2,10,11,12,13). The zero-order valence-electron chi connectivity index (χ0n) is 6.69. The van der Waals surface area contributed by atoms with Crippen LogP contribution in [0.2, 0.25) is 0 Å². The number of aromatic amines is 1. The van der Waals surface area contributed by atoms with Crippen molar-refractivity contribution in [2.75, 3.05) is 0 Å². The van der Waals surface area contributed by atoms with Gasteiger partial charge in [-0.05, 0) is 15.9 Å². The van der Waals surface area contributed by atoms with Crippen molar-refractivity contribution in [2.24, 2.45) is 0 Å². The molecule has 2 heterocycles. The predicted octanol–water partition coefficient (Wildman–Crippen LogP) is 1.36. The van der Waals surface area contributed by atoms with Crippen LogP contribution in [0, 0.1) is 0 Å². The van der Waals surface area contributed by atoms with Crippen molar-refractivity contribution in [3.63, 3.8) is 0 Å². The molecule has 0 fully saturated rings. The molecule has 2 rings (SSSR count). The Morgan fingerprint density at radius 1 is 1.57 bits per heavy atom. The molecule has 0 amide bonds. The smallest absolute Gasteiger partial charge is 0.269 e. The van der Waals surface area contributed by atoms with Crippen LogP contribution in [0.15, 0.2) is 21.0 Å². The summed E-state index contributed by atoms with van der Waals surface area (Å²) in [5.74, 6) is -0.00431. The largest absolute Gasteiger partial charge is 0.492 e. The lowest BCUT2D eigenvalue weighted by molar-refractivity contribution is 0.448. The lowest BCUT2D eigenvalue weighted by Gasteiger charge is -1.98. The van der Waals surface area contributed by atoms with Crippen LogP contribution in [-0.4, -0.2) is 20.1 Å². The van der Waals surface area contributed by atoms with E-state index in [4.69, 9.17) is 0 Å². The number of hydrogen-bond acceptors (Lipinski definition) is 5. The van der Waals surface area contributed by atoms with Crippen molar-refractivity contribution in [2.45, 2.75) is 0 Å². The fraction of sp³-hybridized carbons (Fsp3) is 0. The first-order valence-electron chi connectivity index (χ1n) is 3.56. The Balaban J connectivity index is 2.63. The Kier molecular flexibility index (Phi) is 2.34. The molecule has 5 nitrogen and oxygen atoms in total. The highest BCUT2D eigenvalue weighted by Gasteiger charge is 2.09. The zero-order valence-corrected chi connectivity index (χ0v) is 9.09. The molecule has 0 aliphatic carbocycles. The summed E-state index contributed by atoms with van der Waals surface area (Å²) in [6, 6.07) is 0. The molecule has 0 spiro atoms. The fourth-order valence-electron chi connectivity index (χ4n) is 0.896. The Labute approximate surface area is 90.6 Å². The molecule has 7 heteroatoms. The first-order chi connectivity index (χ1) is 6.68. The molecular formula is C7H4BrN3O2S. The number of aromatic nitrogens is 3. The predicted molar refractivity (Wildman–Crippen MR) is 55.3 cm³/mol. The summed E-state index contributed by atoms with van der Waals surface area (Å²) in [5.41, 5.74) is 1.20. The minimum atomic E-state index is -0.416. The third-order valence-corrected chi connectivity index (χ3v) is 3.01. The van der Waals surface area contributed by atoms with Gasteiger partial charge in [0.1, 0.15) is 4.47 Å². The third-order valence-electron chi connectivity index (χ3n) is 1.51. The third kappa shape index (κ3) is 1.55. The molecule has 0 radical (unpaired) electrons. The van der Waals surface area contributed by atoms with Crippen LogP contribution < -0.4 is 5.56 Å². The second kappa shape index (κ2) is 3.50. The minimum absolute atomic E-state index is 0.0331. The van der Waals surface area contributed by atoms with Crippen LogP contribution >= 0.6 is 27.3 Å². The lowest BCUT2D eigenvalue weighted by Crippen LogP contribution is -2.09. The van der Waals surface area contributed by atoms with Gasteiger partial charge in [0.2, 0.25) is 5.88 Å². The zero-order chi connectivity index (χ0) is 10.1. The normalized spacial score (nSPS) is 10.4. The van der Waals surface area contributed by atoms with Crippen LogP contribution in [0.3, 0.4) is 0 Å². The molecule has 0 aromatic carbocycles. The maximum absolute atomic E-state index is 11.2. The van der Waals surface area contributed by atoms with E-state index in [0.29, 0.717) is 10.7 Å². The molecule has 0 aliphatic rings. The summed E-state index contributed by atoms with van der Waals surface area (Å²) in [6.45, 7) is 0. The fourth-order valence-corrected chi connectivity index (χ4v) is 1.65. The summed E-state index contributed by atoms with van der Waals surface area (Å²) in [4.78, 5) is 22.1. The molecule has 0 aliphatic heterocycles. The van der Waals surface area contributed by atoms with E-state index in [1.807, 2.05) is 0 Å². The van der Waals surface area contributed by atoms with Gasteiger partial charge in [0, 0.05) is 6.20 Å². The first kappa shape index (κ1) is 9.35. The van der Waals surface area contributed by atoms with Crippen LogP contribution in [0.1, 0.15) is 0 Å². The number of thiazole rings is 1. The molecule has 2 N–H and O–H groups in total. The summed E-state index contributed by atoms with van der Waals surface area (Å²) in [5, 5.41) is 9.29. The SMILES string of the molecule is O=c1[nH]c(-c2cncs2)nc(O)c1Br. The van der Waals surface area contributed by atoms with E-state index >= 15 is 0 Å². The Morgan fingerprint density at radius 2 is 2.36 bits per heavy atom. The summed E-state index contributed by atoms with van der Waals surface area (Å²) >= 11 is 4.24. The maximum Gasteiger partial charge on any atom is 0.269 e. The highest BCUT2D eigenvalue weighted by molar-refractivity contribution is 9.10. The number of aromatic hydroxyl groups is 1. The van der Waals surface area contributed by atoms with E-state index < -0.39 is 5.56 Å². The van der Waals surface area contributed by atoms with E-state index in [1.54, 1.807) is 11.7 Å². The lowest BCUT2D eigenvalue weighted by atomic mass is 10.5. The molecule has 14 heavy (non-hydrogen) atoms. The van der Waals surface area contributed by atoms with E-state index in [-0.39, 0.29) is 10.4 Å². The molecule has 0 saturated carbocycles. The monoisotopic (exact) mass is 273 g/mol. The second-order valence-corrected chi connectivity index (χ2v) is 4.10. The van der Waals surface area contributed by atoms with Gasteiger partial charge >= 0.3 is 0 Å². The number of nitrogens with one attached hydrogen (secondary N) is 1. The van der Waals surface area contributed by atoms with Crippen molar-refractivity contribution in [3.05, 3.63) is 26.5 Å². The van der Waals surface area contributed by atoms with Gasteiger partial charge in [-0.3, -0.25) is 9.78 Å². The summed E-state index contributed by atoms with van der Waals surface area (Å²) < 4.78 is 0.0331. The topological polar surface area (TPSA) is 78.9 Å². The van der Waals surface area contributed by atoms with Gasteiger partial charge in [0.25, 0.3) is 5.56 Å². The van der Waals surface area contributed by atoms with Crippen LogP contribution in [0.4, 0.5) is 0 Å². The number of hydrogen-bond donors (Lipinski definition) is 2. The van der Waals surface area contributed by atoms with Gasteiger partial charge in [-0.2, -0.15) is 4.98 Å². The quantitative estimate of drug-likeness (QED) is 0.823. The average molecular weight is 274 g/mol. The number of nitrogens with zero attached hydrogens (tertiary/aromatic N) is 2. The van der Waals surface area contributed by atoms with Crippen LogP contribution in [-0.2, 0) is 0 Å². The molecule has 72 valence electrons. The van der Waals surface area contributed by atoms with Crippen molar-refractivity contribution in [1.29, 1.82) is 0 Å². The van der Waals surface area contributed by atoms with Crippen LogP contribution in [0.25, 0.3) is 10.7 Å². The minimum Gasteiger partial charge on any atom is -0.492 e.